The molecule has 414 valence electrons. The van der Waals surface area contributed by atoms with Gasteiger partial charge in [0.1, 0.15) is 48.3 Å². The molecule has 0 saturated heterocycles. The predicted molar refractivity (Wildman–Crippen MR) is 265 cm³/mol. The first-order chi connectivity index (χ1) is 34.5. The quantitative estimate of drug-likeness (QED) is 0.0173. The van der Waals surface area contributed by atoms with Crippen LogP contribution >= 0.6 is 0 Å². The number of carbonyl (C=O) groups is 11. The van der Waals surface area contributed by atoms with Crippen molar-refractivity contribution in [2.24, 2.45) is 56.2 Å². The van der Waals surface area contributed by atoms with Crippen LogP contribution in [0, 0.1) is 11.8 Å². The van der Waals surface area contributed by atoms with Gasteiger partial charge in [-0.3, -0.25) is 57.9 Å². The third-order valence-corrected chi connectivity index (χ3v) is 10.7. The van der Waals surface area contributed by atoms with Gasteiger partial charge in [-0.1, -0.05) is 27.7 Å². The van der Waals surface area contributed by atoms with Crippen LogP contribution in [0.5, 0.6) is 0 Å². The number of nitrogens with zero attached hydrogens (tertiary/aromatic N) is 3. The SMILES string of the molecule is CC(C)C[C@H](NC(=O)[C@H](CC(=O)O)NC(=O)[C@H](CCCN=C(N)N)NC(=O)[C@H](Cc1cnc[nH]1)NC(=O)[C@@H](N)C(C)C)C(=O)N[C@@H](CCCN=C(N)N)C(=O)N[C@@H](C)C(=O)N[C@@H](C)C(=O)N[C@@H](CC(N)=O)C(=O)O. The van der Waals surface area contributed by atoms with Crippen LogP contribution in [0.3, 0.4) is 0 Å². The number of hydrogen-bond acceptors (Lipinski definition) is 15. The van der Waals surface area contributed by atoms with Gasteiger partial charge in [0.2, 0.25) is 53.2 Å². The Balaban J connectivity index is 3.46. The highest BCUT2D eigenvalue weighted by Gasteiger charge is 2.35. The van der Waals surface area contributed by atoms with Crippen molar-refractivity contribution in [1.82, 2.24) is 52.5 Å². The Morgan fingerprint density at radius 3 is 1.42 bits per heavy atom. The molecule has 1 aromatic heterocycles. The van der Waals surface area contributed by atoms with Crippen molar-refractivity contribution >= 4 is 77.0 Å². The molecule has 0 radical (unpaired) electrons. The maximum Gasteiger partial charge on any atom is 0.326 e. The molecular formula is C43H74N18O13. The lowest BCUT2D eigenvalue weighted by Gasteiger charge is -2.28. The average molecular weight is 1050 g/mol. The van der Waals surface area contributed by atoms with Crippen molar-refractivity contribution in [2.45, 2.75) is 147 Å². The fraction of sp³-hybridized carbons (Fsp3) is 0.628. The van der Waals surface area contributed by atoms with Crippen LogP contribution < -0.4 is 76.9 Å². The zero-order valence-electron chi connectivity index (χ0n) is 42.3. The summed E-state index contributed by atoms with van der Waals surface area (Å²) in [5.41, 5.74) is 33.3. The molecule has 23 N–H and O–H groups in total. The summed E-state index contributed by atoms with van der Waals surface area (Å²) in [5.74, 6) is -12.8. The second-order valence-corrected chi connectivity index (χ2v) is 18.0. The Hall–Kier alpha value is -8.12. The van der Waals surface area contributed by atoms with E-state index in [0.717, 1.165) is 0 Å². The number of carboxylic acids is 2. The molecular weight excluding hydrogens is 977 g/mol. The Morgan fingerprint density at radius 2 is 0.973 bits per heavy atom. The van der Waals surface area contributed by atoms with Gasteiger partial charge in [0, 0.05) is 31.4 Å². The van der Waals surface area contributed by atoms with Crippen molar-refractivity contribution in [3.8, 4) is 0 Å². The van der Waals surface area contributed by atoms with Gasteiger partial charge < -0.3 is 92.1 Å². The molecule has 0 aromatic carbocycles. The summed E-state index contributed by atoms with van der Waals surface area (Å²) in [7, 11) is 0. The van der Waals surface area contributed by atoms with E-state index in [4.69, 9.17) is 34.4 Å². The smallest absolute Gasteiger partial charge is 0.326 e. The maximum atomic E-state index is 14.0. The van der Waals surface area contributed by atoms with Gasteiger partial charge in [0.05, 0.1) is 25.2 Å². The number of primary amides is 1. The topological polar surface area (TPSA) is 534 Å². The van der Waals surface area contributed by atoms with Crippen molar-refractivity contribution in [1.29, 1.82) is 0 Å². The van der Waals surface area contributed by atoms with Crippen LogP contribution in [0.1, 0.15) is 92.2 Å². The lowest BCUT2D eigenvalue weighted by molar-refractivity contribution is -0.143. The highest BCUT2D eigenvalue weighted by atomic mass is 16.4. The van der Waals surface area contributed by atoms with E-state index in [1.54, 1.807) is 27.7 Å². The molecule has 0 aliphatic carbocycles. The van der Waals surface area contributed by atoms with Crippen molar-refractivity contribution in [3.63, 3.8) is 0 Å². The van der Waals surface area contributed by atoms with Crippen LogP contribution in [-0.2, 0) is 59.2 Å². The summed E-state index contributed by atoms with van der Waals surface area (Å²) >= 11 is 0. The van der Waals surface area contributed by atoms with Gasteiger partial charge in [-0.15, -0.1) is 0 Å². The van der Waals surface area contributed by atoms with Crippen LogP contribution in [0.25, 0.3) is 0 Å². The highest BCUT2D eigenvalue weighted by molar-refractivity contribution is 5.99. The summed E-state index contributed by atoms with van der Waals surface area (Å²) in [5, 5.41) is 38.4. The molecule has 31 heteroatoms. The van der Waals surface area contributed by atoms with E-state index in [2.05, 4.69) is 62.5 Å². The Morgan fingerprint density at radius 1 is 0.554 bits per heavy atom. The Labute approximate surface area is 426 Å². The first-order valence-corrected chi connectivity index (χ1v) is 23.5. The van der Waals surface area contributed by atoms with Gasteiger partial charge >= 0.3 is 11.9 Å². The molecule has 0 aliphatic heterocycles. The number of hydrogen-bond donors (Lipinski definition) is 17. The largest absolute Gasteiger partial charge is 0.481 e. The third kappa shape index (κ3) is 24.8. The highest BCUT2D eigenvalue weighted by Crippen LogP contribution is 2.11. The molecule has 1 aromatic rings. The lowest BCUT2D eigenvalue weighted by Crippen LogP contribution is -2.60. The summed E-state index contributed by atoms with van der Waals surface area (Å²) in [6.45, 7) is 9.20. The van der Waals surface area contributed by atoms with Gasteiger partial charge in [0.25, 0.3) is 0 Å². The van der Waals surface area contributed by atoms with E-state index in [1.165, 1.54) is 26.4 Å². The molecule has 1 rings (SSSR count). The lowest BCUT2D eigenvalue weighted by atomic mass is 10.0. The van der Waals surface area contributed by atoms with Gasteiger partial charge in [-0.2, -0.15) is 0 Å². The standard InChI is InChI=1S/C43H74N18O13/c1-19(2)13-26(37(69)56-24(9-7-11-51-42(46)47)35(67)55-21(5)33(65)54-22(6)34(66)61-29(41(73)74)15-30(44)62)58-39(71)28(16-31(63)64)59-36(68)25(10-8-12-52-43(48)49)57-38(70)27(14-23-17-50-18-53-23)60-40(72)32(45)20(3)4/h17-22,24-29,32H,7-16,45H2,1-6H3,(H2,44,62)(H,50,53)(H,54,65)(H,55,67)(H,56,69)(H,57,70)(H,58,71)(H,59,68)(H,60,72)(H,61,66)(H,63,64)(H,73,74)(H4,46,47,51)(H4,48,49,52)/t21-,22-,24-,25-,26-,27-,28-,29-,32-/m0/s1. The maximum absolute atomic E-state index is 14.0. The second-order valence-electron chi connectivity index (χ2n) is 18.0. The van der Waals surface area contributed by atoms with Crippen LogP contribution in [0.15, 0.2) is 22.5 Å². The molecule has 1 heterocycles. The second kappa shape index (κ2) is 32.1. The van der Waals surface area contributed by atoms with E-state index in [1.807, 2.05) is 0 Å². The fourth-order valence-electron chi connectivity index (χ4n) is 6.60. The zero-order valence-corrected chi connectivity index (χ0v) is 42.3. The number of carbonyl (C=O) groups excluding carboxylic acids is 9. The number of aliphatic carboxylic acids is 2. The summed E-state index contributed by atoms with van der Waals surface area (Å²) in [6.07, 6.45) is 0.640. The minimum atomic E-state index is -1.87. The summed E-state index contributed by atoms with van der Waals surface area (Å²) in [4.78, 5) is 158. The summed E-state index contributed by atoms with van der Waals surface area (Å²) in [6, 6.07) is -13.0. The molecule has 74 heavy (non-hydrogen) atoms. The molecule has 0 saturated carbocycles. The predicted octanol–water partition coefficient (Wildman–Crippen LogP) is -6.56. The van der Waals surface area contributed by atoms with Crippen molar-refractivity contribution in [2.75, 3.05) is 13.1 Å². The van der Waals surface area contributed by atoms with E-state index in [0.29, 0.717) is 5.69 Å². The molecule has 0 spiro atoms. The van der Waals surface area contributed by atoms with E-state index in [9.17, 15) is 63.0 Å². The normalized spacial score (nSPS) is 14.6. The first kappa shape index (κ1) is 63.9. The molecule has 0 bridgehead atoms. The third-order valence-electron chi connectivity index (χ3n) is 10.7. The van der Waals surface area contributed by atoms with E-state index in [-0.39, 0.29) is 75.4 Å². The number of guanidine groups is 2. The number of amides is 9. The summed E-state index contributed by atoms with van der Waals surface area (Å²) < 4.78 is 0. The molecule has 31 nitrogen and oxygen atoms in total. The minimum absolute atomic E-state index is 0.0119. The number of carboxylic acid groups (broad SMARTS) is 2. The average Bonchev–Trinajstić information content (AvgIpc) is 3.81. The van der Waals surface area contributed by atoms with Gasteiger partial charge in [0.15, 0.2) is 11.9 Å². The molecule has 0 fully saturated rings. The molecule has 0 unspecified atom stereocenters. The monoisotopic (exact) mass is 1050 g/mol. The Kier molecular flexibility index (Phi) is 27.7. The van der Waals surface area contributed by atoms with Crippen LogP contribution in [0.2, 0.25) is 0 Å². The number of aromatic amines is 1. The number of H-pyrrole nitrogens is 1. The Bertz CT molecular complexity index is 2160. The number of aromatic nitrogens is 2. The number of nitrogens with two attached hydrogens (primary N) is 6. The fourth-order valence-corrected chi connectivity index (χ4v) is 6.60. The molecule has 0 aliphatic rings. The first-order valence-electron chi connectivity index (χ1n) is 23.5. The minimum Gasteiger partial charge on any atom is -0.481 e. The van der Waals surface area contributed by atoms with Crippen molar-refractivity contribution in [3.05, 3.63) is 18.2 Å². The van der Waals surface area contributed by atoms with E-state index >= 15 is 0 Å². The number of aliphatic imine (C=N–C) groups is 2. The van der Waals surface area contributed by atoms with Crippen LogP contribution in [-0.4, -0.2) is 165 Å². The molecule has 9 atom stereocenters. The van der Waals surface area contributed by atoms with Crippen molar-refractivity contribution < 1.29 is 63.0 Å². The zero-order chi connectivity index (χ0) is 56.4. The van der Waals surface area contributed by atoms with E-state index < -0.39 is 132 Å². The molecule has 9 amide bonds. The number of rotatable bonds is 34. The van der Waals surface area contributed by atoms with Gasteiger partial charge in [-0.25, -0.2) is 9.78 Å². The number of nitrogens with one attached hydrogen (secondary N) is 9. The number of imidazole rings is 1. The van der Waals surface area contributed by atoms with Gasteiger partial charge in [-0.05, 0) is 57.8 Å². The van der Waals surface area contributed by atoms with Crippen LogP contribution in [0.4, 0.5) is 0 Å².